The molecule has 0 bridgehead atoms. The highest BCUT2D eigenvalue weighted by Gasteiger charge is 2.18. The Morgan fingerprint density at radius 2 is 2.19 bits per heavy atom. The lowest BCUT2D eigenvalue weighted by molar-refractivity contribution is 0.586. The van der Waals surface area contributed by atoms with Gasteiger partial charge in [0.05, 0.1) is 5.25 Å². The molecule has 0 aromatic carbocycles. The van der Waals surface area contributed by atoms with E-state index in [4.69, 9.17) is 0 Å². The van der Waals surface area contributed by atoms with Gasteiger partial charge in [-0.15, -0.1) is 11.3 Å². The predicted octanol–water partition coefficient (Wildman–Crippen LogP) is 1.58. The molecule has 0 aliphatic carbocycles. The molecule has 0 saturated carbocycles. The molecule has 0 aliphatic rings. The lowest BCUT2D eigenvalue weighted by atomic mass is 10.5. The molecule has 4 nitrogen and oxygen atoms in total. The van der Waals surface area contributed by atoms with Crippen LogP contribution in [-0.2, 0) is 22.1 Å². The van der Waals surface area contributed by atoms with E-state index in [-0.39, 0.29) is 11.0 Å². The highest BCUT2D eigenvalue weighted by atomic mass is 32.2. The van der Waals surface area contributed by atoms with Crippen LogP contribution in [0.2, 0.25) is 0 Å². The van der Waals surface area contributed by atoms with Gasteiger partial charge in [0.15, 0.2) is 9.84 Å². The van der Waals surface area contributed by atoms with Gasteiger partial charge in [-0.2, -0.15) is 0 Å². The quantitative estimate of drug-likeness (QED) is 0.845. The molecule has 0 amide bonds. The second-order valence-corrected chi connectivity index (χ2v) is 7.61. The molecule has 1 aromatic heterocycles. The molecule has 0 spiro atoms. The van der Waals surface area contributed by atoms with Gasteiger partial charge >= 0.3 is 0 Å². The molecule has 0 atom stereocenters. The zero-order valence-electron chi connectivity index (χ0n) is 9.86. The van der Waals surface area contributed by atoms with Crippen molar-refractivity contribution in [2.75, 3.05) is 6.54 Å². The van der Waals surface area contributed by atoms with Gasteiger partial charge in [-0.05, 0) is 20.4 Å². The number of hydrogen-bond acceptors (Lipinski definition) is 5. The highest BCUT2D eigenvalue weighted by Crippen LogP contribution is 2.17. The maximum atomic E-state index is 11.7. The van der Waals surface area contributed by atoms with Crippen LogP contribution in [-0.4, -0.2) is 25.2 Å². The summed E-state index contributed by atoms with van der Waals surface area (Å²) in [6, 6.07) is 0. The minimum Gasteiger partial charge on any atom is -0.312 e. The maximum absolute atomic E-state index is 11.7. The highest BCUT2D eigenvalue weighted by molar-refractivity contribution is 7.91. The zero-order valence-corrected chi connectivity index (χ0v) is 11.5. The zero-order chi connectivity index (χ0) is 12.2. The first-order valence-electron chi connectivity index (χ1n) is 5.31. The van der Waals surface area contributed by atoms with Crippen LogP contribution in [0.5, 0.6) is 0 Å². The number of sulfone groups is 1. The lowest BCUT2D eigenvalue weighted by Crippen LogP contribution is -2.15. The minimum atomic E-state index is -3.03. The second-order valence-electron chi connectivity index (χ2n) is 3.86. The number of nitrogens with zero attached hydrogens (tertiary/aromatic N) is 1. The van der Waals surface area contributed by atoms with Crippen molar-refractivity contribution in [3.05, 3.63) is 16.1 Å². The molecule has 0 fully saturated rings. The Balaban J connectivity index is 2.65. The van der Waals surface area contributed by atoms with Crippen LogP contribution in [0.4, 0.5) is 0 Å². The van der Waals surface area contributed by atoms with Gasteiger partial charge in [-0.25, -0.2) is 13.4 Å². The molecule has 0 aliphatic heterocycles. The Hall–Kier alpha value is -0.460. The summed E-state index contributed by atoms with van der Waals surface area (Å²) in [6.07, 6.45) is 1.75. The average Bonchev–Trinajstić information content (AvgIpc) is 2.61. The summed E-state index contributed by atoms with van der Waals surface area (Å²) >= 11 is 1.46. The number of aromatic nitrogens is 1. The third-order valence-electron chi connectivity index (χ3n) is 2.19. The SMILES string of the molecule is CCNCc1cnc(CS(=O)(=O)C(C)C)s1. The van der Waals surface area contributed by atoms with Gasteiger partial charge < -0.3 is 5.32 Å². The van der Waals surface area contributed by atoms with E-state index in [1.807, 2.05) is 6.92 Å². The number of hydrogen-bond donors (Lipinski definition) is 1. The summed E-state index contributed by atoms with van der Waals surface area (Å²) in [5.74, 6) is 0.0570. The van der Waals surface area contributed by atoms with Gasteiger partial charge in [0.2, 0.25) is 0 Å². The summed E-state index contributed by atoms with van der Waals surface area (Å²) < 4.78 is 23.3. The van der Waals surface area contributed by atoms with Crippen LogP contribution in [0.25, 0.3) is 0 Å². The number of nitrogens with one attached hydrogen (secondary N) is 1. The predicted molar refractivity (Wildman–Crippen MR) is 67.3 cm³/mol. The largest absolute Gasteiger partial charge is 0.312 e. The molecule has 92 valence electrons. The van der Waals surface area contributed by atoms with Crippen molar-refractivity contribution in [1.29, 1.82) is 0 Å². The molecule has 6 heteroatoms. The second kappa shape index (κ2) is 5.75. The summed E-state index contributed by atoms with van der Waals surface area (Å²) in [5.41, 5.74) is 0. The van der Waals surface area contributed by atoms with E-state index in [0.29, 0.717) is 5.01 Å². The third-order valence-corrected chi connectivity index (χ3v) is 5.49. The smallest absolute Gasteiger partial charge is 0.159 e. The van der Waals surface area contributed by atoms with Gasteiger partial charge in [0.25, 0.3) is 0 Å². The van der Waals surface area contributed by atoms with Gasteiger partial charge in [-0.3, -0.25) is 0 Å². The first-order valence-corrected chi connectivity index (χ1v) is 7.84. The van der Waals surface area contributed by atoms with E-state index in [0.717, 1.165) is 18.0 Å². The van der Waals surface area contributed by atoms with Crippen LogP contribution >= 0.6 is 11.3 Å². The van der Waals surface area contributed by atoms with Crippen molar-refractivity contribution in [3.8, 4) is 0 Å². The van der Waals surface area contributed by atoms with E-state index < -0.39 is 9.84 Å². The average molecular weight is 262 g/mol. The third kappa shape index (κ3) is 3.84. The van der Waals surface area contributed by atoms with Crippen molar-refractivity contribution >= 4 is 21.2 Å². The summed E-state index contributed by atoms with van der Waals surface area (Å²) in [4.78, 5) is 5.22. The molecule has 1 N–H and O–H groups in total. The molecule has 0 radical (unpaired) electrons. The van der Waals surface area contributed by atoms with Crippen LogP contribution in [0, 0.1) is 0 Å². The first-order chi connectivity index (χ1) is 7.45. The summed E-state index contributed by atoms with van der Waals surface area (Å²) in [5, 5.41) is 3.53. The van der Waals surface area contributed by atoms with E-state index in [1.54, 1.807) is 20.0 Å². The standard InChI is InChI=1S/C10H18N2O2S2/c1-4-11-5-9-6-12-10(15-9)7-16(13,14)8(2)3/h6,8,11H,4-5,7H2,1-3H3. The number of rotatable bonds is 6. The first kappa shape index (κ1) is 13.6. The fourth-order valence-electron chi connectivity index (χ4n) is 1.08. The van der Waals surface area contributed by atoms with Crippen LogP contribution < -0.4 is 5.32 Å². The Bertz CT molecular complexity index is 424. The van der Waals surface area contributed by atoms with E-state index in [9.17, 15) is 8.42 Å². The number of thiazole rings is 1. The Kier molecular flexibility index (Phi) is 4.89. The van der Waals surface area contributed by atoms with E-state index >= 15 is 0 Å². The van der Waals surface area contributed by atoms with Crippen LogP contribution in [0.15, 0.2) is 6.20 Å². The topological polar surface area (TPSA) is 59.1 Å². The van der Waals surface area contributed by atoms with Crippen molar-refractivity contribution < 1.29 is 8.42 Å². The Morgan fingerprint density at radius 3 is 2.75 bits per heavy atom. The van der Waals surface area contributed by atoms with Crippen LogP contribution in [0.3, 0.4) is 0 Å². The van der Waals surface area contributed by atoms with Crippen molar-refractivity contribution in [3.63, 3.8) is 0 Å². The van der Waals surface area contributed by atoms with E-state index in [2.05, 4.69) is 10.3 Å². The fraction of sp³-hybridized carbons (Fsp3) is 0.700. The van der Waals surface area contributed by atoms with Gasteiger partial charge in [0, 0.05) is 17.6 Å². The molecule has 1 aromatic rings. The van der Waals surface area contributed by atoms with Crippen molar-refractivity contribution in [1.82, 2.24) is 10.3 Å². The Morgan fingerprint density at radius 1 is 1.50 bits per heavy atom. The molecule has 1 rings (SSSR count). The van der Waals surface area contributed by atoms with Gasteiger partial charge in [0.1, 0.15) is 10.8 Å². The molecular weight excluding hydrogens is 244 g/mol. The summed E-state index contributed by atoms with van der Waals surface area (Å²) in [6.45, 7) is 7.09. The minimum absolute atomic E-state index is 0.0570. The van der Waals surface area contributed by atoms with Gasteiger partial charge in [-0.1, -0.05) is 6.92 Å². The maximum Gasteiger partial charge on any atom is 0.159 e. The molecule has 16 heavy (non-hydrogen) atoms. The molecular formula is C10H18N2O2S2. The molecule has 0 unspecified atom stereocenters. The summed E-state index contributed by atoms with van der Waals surface area (Å²) in [7, 11) is -3.03. The van der Waals surface area contributed by atoms with Crippen molar-refractivity contribution in [2.45, 2.75) is 38.3 Å². The fourth-order valence-corrected chi connectivity index (χ4v) is 3.25. The van der Waals surface area contributed by atoms with Crippen molar-refractivity contribution in [2.24, 2.45) is 0 Å². The lowest BCUT2D eigenvalue weighted by Gasteiger charge is -2.04. The Labute approximate surface area is 101 Å². The van der Waals surface area contributed by atoms with Crippen LogP contribution in [0.1, 0.15) is 30.7 Å². The van der Waals surface area contributed by atoms with E-state index in [1.165, 1.54) is 11.3 Å². The molecule has 1 heterocycles. The normalized spacial score (nSPS) is 12.2. The molecule has 0 saturated heterocycles. The monoisotopic (exact) mass is 262 g/mol.